The zero-order valence-electron chi connectivity index (χ0n) is 18.4. The topological polar surface area (TPSA) is 73.0 Å². The minimum absolute atomic E-state index is 0.158. The fourth-order valence-corrected chi connectivity index (χ4v) is 5.19. The van der Waals surface area contributed by atoms with E-state index in [2.05, 4.69) is 15.1 Å². The van der Waals surface area contributed by atoms with E-state index >= 15 is 0 Å². The minimum atomic E-state index is -3.59. The van der Waals surface area contributed by atoms with Crippen LogP contribution in [0.15, 0.2) is 23.1 Å². The molecule has 2 heterocycles. The van der Waals surface area contributed by atoms with E-state index in [-0.39, 0.29) is 10.8 Å². The number of amides is 1. The molecule has 1 amide bonds. The molecular weight excluding hydrogens is 400 g/mol. The molecule has 1 aromatic rings. The van der Waals surface area contributed by atoms with Crippen molar-refractivity contribution in [3.63, 3.8) is 0 Å². The summed E-state index contributed by atoms with van der Waals surface area (Å²) in [6.45, 7) is 5.69. The lowest BCUT2D eigenvalue weighted by atomic mass is 10.1. The summed E-state index contributed by atoms with van der Waals surface area (Å²) in [5, 5.41) is 3.03. The second kappa shape index (κ2) is 10.6. The second-order valence-corrected chi connectivity index (χ2v) is 10.7. The van der Waals surface area contributed by atoms with Crippen LogP contribution in [0.2, 0.25) is 0 Å². The summed E-state index contributed by atoms with van der Waals surface area (Å²) in [5.74, 6) is -0.191. The highest BCUT2D eigenvalue weighted by molar-refractivity contribution is 7.89. The summed E-state index contributed by atoms with van der Waals surface area (Å²) in [5.41, 5.74) is 1.28. The molecule has 2 aliphatic heterocycles. The third-order valence-corrected chi connectivity index (χ3v) is 7.88. The van der Waals surface area contributed by atoms with Crippen LogP contribution >= 0.6 is 0 Å². The van der Waals surface area contributed by atoms with Gasteiger partial charge in [0.25, 0.3) is 5.91 Å². The molecule has 7 nitrogen and oxygen atoms in total. The number of nitrogens with zero attached hydrogens (tertiary/aromatic N) is 3. The zero-order chi connectivity index (χ0) is 21.6. The molecule has 0 unspecified atom stereocenters. The highest BCUT2D eigenvalue weighted by atomic mass is 32.2. The van der Waals surface area contributed by atoms with Gasteiger partial charge >= 0.3 is 0 Å². The molecule has 0 radical (unpaired) electrons. The first-order valence-electron chi connectivity index (χ1n) is 11.2. The molecule has 0 bridgehead atoms. The largest absolute Gasteiger partial charge is 0.371 e. The van der Waals surface area contributed by atoms with Gasteiger partial charge in [-0.2, -0.15) is 0 Å². The van der Waals surface area contributed by atoms with Crippen molar-refractivity contribution in [1.82, 2.24) is 14.5 Å². The molecule has 2 aliphatic rings. The van der Waals surface area contributed by atoms with Crippen LogP contribution in [0.25, 0.3) is 0 Å². The average molecular weight is 437 g/mol. The van der Waals surface area contributed by atoms with Gasteiger partial charge in [-0.25, -0.2) is 12.7 Å². The van der Waals surface area contributed by atoms with Gasteiger partial charge in [0, 0.05) is 39.4 Å². The van der Waals surface area contributed by atoms with E-state index in [1.54, 1.807) is 12.1 Å². The number of carbonyl (C=O) groups excluding carboxylic acids is 1. The Labute approximate surface area is 181 Å². The van der Waals surface area contributed by atoms with E-state index in [1.807, 2.05) is 0 Å². The Bertz CT molecular complexity index is 812. The Morgan fingerprint density at radius 2 is 1.63 bits per heavy atom. The van der Waals surface area contributed by atoms with Gasteiger partial charge in [0.2, 0.25) is 10.0 Å². The van der Waals surface area contributed by atoms with E-state index in [0.29, 0.717) is 12.1 Å². The number of hydrogen-bond donors (Lipinski definition) is 1. The Balaban J connectivity index is 1.68. The van der Waals surface area contributed by atoms with Crippen LogP contribution in [0.1, 0.15) is 55.3 Å². The van der Waals surface area contributed by atoms with E-state index in [0.717, 1.165) is 57.7 Å². The third-order valence-electron chi connectivity index (χ3n) is 6.07. The Morgan fingerprint density at radius 3 is 2.27 bits per heavy atom. The highest BCUT2D eigenvalue weighted by Gasteiger charge is 2.24. The quantitative estimate of drug-likeness (QED) is 0.634. The van der Waals surface area contributed by atoms with Gasteiger partial charge in [-0.1, -0.05) is 12.8 Å². The molecule has 2 saturated heterocycles. The minimum Gasteiger partial charge on any atom is -0.371 e. The summed E-state index contributed by atoms with van der Waals surface area (Å²) >= 11 is 0. The second-order valence-electron chi connectivity index (χ2n) is 8.53. The Kier molecular flexibility index (Phi) is 8.13. The number of benzene rings is 1. The first-order chi connectivity index (χ1) is 14.4. The maximum Gasteiger partial charge on any atom is 0.253 e. The number of hydrogen-bond acceptors (Lipinski definition) is 5. The number of likely N-dealkylation sites (tertiary alicyclic amines) is 1. The van der Waals surface area contributed by atoms with Crippen molar-refractivity contribution in [1.29, 1.82) is 0 Å². The van der Waals surface area contributed by atoms with Gasteiger partial charge in [-0.3, -0.25) is 4.79 Å². The van der Waals surface area contributed by atoms with Crippen molar-refractivity contribution < 1.29 is 13.2 Å². The van der Waals surface area contributed by atoms with Gasteiger partial charge in [0.15, 0.2) is 0 Å². The van der Waals surface area contributed by atoms with E-state index < -0.39 is 10.0 Å². The molecule has 168 valence electrons. The zero-order valence-corrected chi connectivity index (χ0v) is 19.2. The van der Waals surface area contributed by atoms with Crippen LogP contribution in [0.5, 0.6) is 0 Å². The van der Waals surface area contributed by atoms with E-state index in [4.69, 9.17) is 0 Å². The van der Waals surface area contributed by atoms with Crippen LogP contribution in [-0.2, 0) is 10.0 Å². The molecular formula is C22H36N4O3S. The first-order valence-corrected chi connectivity index (χ1v) is 12.7. The van der Waals surface area contributed by atoms with Crippen LogP contribution < -0.4 is 10.2 Å². The van der Waals surface area contributed by atoms with Crippen LogP contribution in [0.4, 0.5) is 5.69 Å². The lowest BCUT2D eigenvalue weighted by Gasteiger charge is -2.23. The third kappa shape index (κ3) is 5.74. The normalized spacial score (nSPS) is 18.6. The SMILES string of the molecule is CN(C)S(=O)(=O)c1ccc(N2CCCC2)c(C(=O)NCCCN2CCCCCC2)c1. The monoisotopic (exact) mass is 436 g/mol. The van der Waals surface area contributed by atoms with Crippen molar-refractivity contribution in [2.24, 2.45) is 0 Å². The smallest absolute Gasteiger partial charge is 0.253 e. The summed E-state index contributed by atoms with van der Waals surface area (Å²) in [6, 6.07) is 4.93. The Morgan fingerprint density at radius 1 is 1.00 bits per heavy atom. The van der Waals surface area contributed by atoms with Crippen molar-refractivity contribution in [2.75, 3.05) is 58.3 Å². The predicted molar refractivity (Wildman–Crippen MR) is 121 cm³/mol. The maximum atomic E-state index is 13.0. The fourth-order valence-electron chi connectivity index (χ4n) is 4.26. The van der Waals surface area contributed by atoms with Gasteiger partial charge in [-0.15, -0.1) is 0 Å². The lowest BCUT2D eigenvalue weighted by molar-refractivity contribution is 0.0952. The summed E-state index contributed by atoms with van der Waals surface area (Å²) < 4.78 is 26.3. The molecule has 8 heteroatoms. The Hall–Kier alpha value is -1.64. The summed E-state index contributed by atoms with van der Waals surface area (Å²) in [7, 11) is -0.576. The number of sulfonamides is 1. The van der Waals surface area contributed by atoms with Gasteiger partial charge in [0.1, 0.15) is 0 Å². The molecule has 3 rings (SSSR count). The first kappa shape index (κ1) is 23.0. The molecule has 2 fully saturated rings. The molecule has 30 heavy (non-hydrogen) atoms. The number of nitrogens with one attached hydrogen (secondary N) is 1. The average Bonchev–Trinajstić information content (AvgIpc) is 3.14. The number of rotatable bonds is 8. The van der Waals surface area contributed by atoms with E-state index in [1.165, 1.54) is 50.2 Å². The number of anilines is 1. The van der Waals surface area contributed by atoms with Gasteiger partial charge in [-0.05, 0) is 69.9 Å². The van der Waals surface area contributed by atoms with Crippen LogP contribution in [0, 0.1) is 0 Å². The molecule has 0 spiro atoms. The molecule has 1 aromatic carbocycles. The van der Waals surface area contributed by atoms with E-state index in [9.17, 15) is 13.2 Å². The fraction of sp³-hybridized carbons (Fsp3) is 0.682. The molecule has 1 N–H and O–H groups in total. The molecule has 0 aromatic heterocycles. The van der Waals surface area contributed by atoms with Crippen LogP contribution in [-0.4, -0.2) is 76.9 Å². The lowest BCUT2D eigenvalue weighted by Crippen LogP contribution is -2.32. The van der Waals surface area contributed by atoms with Crippen molar-refractivity contribution in [3.8, 4) is 0 Å². The van der Waals surface area contributed by atoms with Gasteiger partial charge < -0.3 is 15.1 Å². The summed E-state index contributed by atoms with van der Waals surface area (Å²) in [4.78, 5) is 17.8. The van der Waals surface area contributed by atoms with Gasteiger partial charge in [0.05, 0.1) is 10.5 Å². The predicted octanol–water partition coefficient (Wildman–Crippen LogP) is 2.53. The van der Waals surface area contributed by atoms with Crippen molar-refractivity contribution >= 4 is 21.6 Å². The van der Waals surface area contributed by atoms with Crippen molar-refractivity contribution in [3.05, 3.63) is 23.8 Å². The van der Waals surface area contributed by atoms with Crippen LogP contribution in [0.3, 0.4) is 0 Å². The molecule has 0 atom stereocenters. The van der Waals surface area contributed by atoms with Crippen molar-refractivity contribution in [2.45, 2.75) is 49.8 Å². The highest BCUT2D eigenvalue weighted by Crippen LogP contribution is 2.28. The standard InChI is InChI=1S/C22H36N4O3S/c1-24(2)30(28,29)19-10-11-21(26-16-7-8-17-26)20(18-19)22(27)23-12-9-15-25-13-5-3-4-6-14-25/h10-11,18H,3-9,12-17H2,1-2H3,(H,23,27). The molecule has 0 aliphatic carbocycles. The molecule has 0 saturated carbocycles. The maximum absolute atomic E-state index is 13.0. The summed E-state index contributed by atoms with van der Waals surface area (Å²) in [6.07, 6.45) is 8.25. The number of carbonyl (C=O) groups is 1.